The Balaban J connectivity index is 2.32. The van der Waals surface area contributed by atoms with Gasteiger partial charge in [-0.2, -0.15) is 4.98 Å². The van der Waals surface area contributed by atoms with Crippen LogP contribution < -0.4 is 10.6 Å². The van der Waals surface area contributed by atoms with Crippen molar-refractivity contribution < 1.29 is 14.4 Å². The molecule has 0 saturated carbocycles. The number of carbonyl (C=O) groups is 1. The molecule has 2 unspecified atom stereocenters. The van der Waals surface area contributed by atoms with Gasteiger partial charge in [0.05, 0.1) is 12.1 Å². The second-order valence-corrected chi connectivity index (χ2v) is 4.93. The molecule has 1 aromatic rings. The van der Waals surface area contributed by atoms with Crippen LogP contribution in [0.15, 0.2) is 4.52 Å². The summed E-state index contributed by atoms with van der Waals surface area (Å²) >= 11 is 0. The molecule has 0 radical (unpaired) electrons. The number of aromatic nitrogens is 2. The maximum absolute atomic E-state index is 11.6. The lowest BCUT2D eigenvalue weighted by Crippen LogP contribution is -2.47. The van der Waals surface area contributed by atoms with E-state index in [1.165, 1.54) is 0 Å². The summed E-state index contributed by atoms with van der Waals surface area (Å²) in [6.07, 6.45) is 0.846. The first-order chi connectivity index (χ1) is 8.85. The van der Waals surface area contributed by atoms with E-state index < -0.39 is 5.60 Å². The van der Waals surface area contributed by atoms with E-state index in [0.717, 1.165) is 6.42 Å². The van der Waals surface area contributed by atoms with Gasteiger partial charge >= 0.3 is 6.03 Å². The zero-order chi connectivity index (χ0) is 14.5. The molecule has 2 atom stereocenters. The van der Waals surface area contributed by atoms with Crippen molar-refractivity contribution in [2.24, 2.45) is 5.92 Å². The number of nitrogens with one attached hydrogen (secondary N) is 2. The van der Waals surface area contributed by atoms with Crippen LogP contribution in [0.1, 0.15) is 38.9 Å². The molecule has 0 bridgehead atoms. The highest BCUT2D eigenvalue weighted by Gasteiger charge is 2.27. The van der Waals surface area contributed by atoms with Crippen LogP contribution in [-0.4, -0.2) is 33.4 Å². The molecule has 108 valence electrons. The number of aliphatic hydroxyl groups is 1. The van der Waals surface area contributed by atoms with E-state index in [4.69, 9.17) is 4.52 Å². The minimum atomic E-state index is -0.922. The minimum Gasteiger partial charge on any atom is -0.388 e. The fourth-order valence-corrected chi connectivity index (χ4v) is 1.51. The molecule has 1 rings (SSSR count). The second-order valence-electron chi connectivity index (χ2n) is 4.93. The molecule has 3 N–H and O–H groups in total. The molecule has 1 aromatic heterocycles. The van der Waals surface area contributed by atoms with Crippen molar-refractivity contribution in [2.45, 2.75) is 46.3 Å². The third kappa shape index (κ3) is 4.86. The summed E-state index contributed by atoms with van der Waals surface area (Å²) in [5.74, 6) is 0.978. The average Bonchev–Trinajstić information content (AvgIpc) is 2.78. The third-order valence-electron chi connectivity index (χ3n) is 3.26. The smallest absolute Gasteiger partial charge is 0.315 e. The maximum Gasteiger partial charge on any atom is 0.315 e. The van der Waals surface area contributed by atoms with Gasteiger partial charge in [-0.15, -0.1) is 0 Å². The molecule has 0 aromatic carbocycles. The first-order valence-corrected chi connectivity index (χ1v) is 6.38. The molecule has 1 heterocycles. The topological polar surface area (TPSA) is 100 Å². The maximum atomic E-state index is 11.6. The summed E-state index contributed by atoms with van der Waals surface area (Å²) in [5.41, 5.74) is -0.922. The van der Waals surface area contributed by atoms with Gasteiger partial charge in [-0.1, -0.05) is 25.4 Å². The Morgan fingerprint density at radius 3 is 2.74 bits per heavy atom. The van der Waals surface area contributed by atoms with E-state index in [0.29, 0.717) is 11.7 Å². The Bertz CT molecular complexity index is 417. The largest absolute Gasteiger partial charge is 0.388 e. The van der Waals surface area contributed by atoms with Crippen LogP contribution in [0.4, 0.5) is 4.79 Å². The molecule has 19 heavy (non-hydrogen) atoms. The summed E-state index contributed by atoms with van der Waals surface area (Å²) < 4.78 is 4.78. The number of hydrogen-bond donors (Lipinski definition) is 3. The Morgan fingerprint density at radius 1 is 1.53 bits per heavy atom. The molecular formula is C12H22N4O3. The standard InChI is InChI=1S/C12H22N4O3/c1-5-8(2)12(4,18)7-14-11(17)13-6-10-15-9(3)19-16-10/h8,18H,5-7H2,1-4H3,(H2,13,14,17). The fraction of sp³-hybridized carbons (Fsp3) is 0.750. The average molecular weight is 270 g/mol. The van der Waals surface area contributed by atoms with Crippen molar-refractivity contribution in [3.63, 3.8) is 0 Å². The van der Waals surface area contributed by atoms with Crippen molar-refractivity contribution in [1.82, 2.24) is 20.8 Å². The SMILES string of the molecule is CCC(C)C(C)(O)CNC(=O)NCc1noc(C)n1. The van der Waals surface area contributed by atoms with Gasteiger partial charge < -0.3 is 20.3 Å². The minimum absolute atomic E-state index is 0.104. The van der Waals surface area contributed by atoms with Crippen molar-refractivity contribution in [2.75, 3.05) is 6.54 Å². The van der Waals surface area contributed by atoms with Crippen molar-refractivity contribution in [3.05, 3.63) is 11.7 Å². The van der Waals surface area contributed by atoms with E-state index >= 15 is 0 Å². The third-order valence-corrected chi connectivity index (χ3v) is 3.26. The zero-order valence-corrected chi connectivity index (χ0v) is 11.9. The van der Waals surface area contributed by atoms with Gasteiger partial charge in [0.1, 0.15) is 0 Å². The molecule has 0 spiro atoms. The van der Waals surface area contributed by atoms with Crippen LogP contribution in [0, 0.1) is 12.8 Å². The lowest BCUT2D eigenvalue weighted by molar-refractivity contribution is 0.00790. The van der Waals surface area contributed by atoms with E-state index in [-0.39, 0.29) is 25.0 Å². The van der Waals surface area contributed by atoms with Crippen molar-refractivity contribution >= 4 is 6.03 Å². The summed E-state index contributed by atoms with van der Waals surface area (Å²) in [6.45, 7) is 7.72. The molecule has 0 saturated heterocycles. The summed E-state index contributed by atoms with van der Waals surface area (Å²) in [4.78, 5) is 15.5. The molecule has 0 aliphatic heterocycles. The van der Waals surface area contributed by atoms with Crippen LogP contribution in [0.5, 0.6) is 0 Å². The second kappa shape index (κ2) is 6.51. The lowest BCUT2D eigenvalue weighted by atomic mass is 9.89. The molecular weight excluding hydrogens is 248 g/mol. The lowest BCUT2D eigenvalue weighted by Gasteiger charge is -2.29. The number of nitrogens with zero attached hydrogens (tertiary/aromatic N) is 2. The molecule has 2 amide bonds. The number of hydrogen-bond acceptors (Lipinski definition) is 5. The number of aryl methyl sites for hydroxylation is 1. The fourth-order valence-electron chi connectivity index (χ4n) is 1.51. The van der Waals surface area contributed by atoms with Crippen LogP contribution in [0.25, 0.3) is 0 Å². The summed E-state index contributed by atoms with van der Waals surface area (Å²) in [5, 5.41) is 19.0. The molecule has 0 aliphatic rings. The highest BCUT2D eigenvalue weighted by Crippen LogP contribution is 2.18. The number of amides is 2. The summed E-state index contributed by atoms with van der Waals surface area (Å²) in [6, 6.07) is -0.369. The van der Waals surface area contributed by atoms with Crippen LogP contribution in [0.2, 0.25) is 0 Å². The number of rotatable bonds is 6. The number of urea groups is 1. The molecule has 0 aliphatic carbocycles. The van der Waals surface area contributed by atoms with Crippen molar-refractivity contribution in [1.29, 1.82) is 0 Å². The Labute approximate surface area is 112 Å². The normalized spacial score (nSPS) is 15.6. The van der Waals surface area contributed by atoms with Gasteiger partial charge in [-0.3, -0.25) is 0 Å². The van der Waals surface area contributed by atoms with Crippen molar-refractivity contribution in [3.8, 4) is 0 Å². The van der Waals surface area contributed by atoms with Gasteiger partial charge in [0.2, 0.25) is 5.89 Å². The molecule has 0 fully saturated rings. The predicted octanol–water partition coefficient (Wildman–Crippen LogP) is 0.974. The van der Waals surface area contributed by atoms with E-state index in [2.05, 4.69) is 20.8 Å². The monoisotopic (exact) mass is 270 g/mol. The van der Waals surface area contributed by atoms with Gasteiger partial charge in [0.15, 0.2) is 5.82 Å². The van der Waals surface area contributed by atoms with Crippen LogP contribution in [0.3, 0.4) is 0 Å². The van der Waals surface area contributed by atoms with E-state index in [1.54, 1.807) is 13.8 Å². The summed E-state index contributed by atoms with van der Waals surface area (Å²) in [7, 11) is 0. The highest BCUT2D eigenvalue weighted by atomic mass is 16.5. The van der Waals surface area contributed by atoms with E-state index in [9.17, 15) is 9.90 Å². The molecule has 7 heteroatoms. The quantitative estimate of drug-likeness (QED) is 0.715. The Hall–Kier alpha value is -1.63. The Kier molecular flexibility index (Phi) is 5.29. The highest BCUT2D eigenvalue weighted by molar-refractivity contribution is 5.73. The number of carbonyl (C=O) groups excluding carboxylic acids is 1. The van der Waals surface area contributed by atoms with Gasteiger partial charge in [0, 0.05) is 13.5 Å². The van der Waals surface area contributed by atoms with Crippen LogP contribution in [-0.2, 0) is 6.54 Å². The Morgan fingerprint density at radius 2 is 2.21 bits per heavy atom. The first kappa shape index (κ1) is 15.4. The first-order valence-electron chi connectivity index (χ1n) is 6.38. The van der Waals surface area contributed by atoms with Gasteiger partial charge in [0.25, 0.3) is 0 Å². The van der Waals surface area contributed by atoms with Gasteiger partial charge in [-0.25, -0.2) is 4.79 Å². The van der Waals surface area contributed by atoms with Crippen LogP contribution >= 0.6 is 0 Å². The zero-order valence-electron chi connectivity index (χ0n) is 11.9. The van der Waals surface area contributed by atoms with E-state index in [1.807, 2.05) is 13.8 Å². The van der Waals surface area contributed by atoms with Gasteiger partial charge in [-0.05, 0) is 12.8 Å². The predicted molar refractivity (Wildman–Crippen MR) is 69.4 cm³/mol. The molecule has 7 nitrogen and oxygen atoms in total.